The fourth-order valence-electron chi connectivity index (χ4n) is 1.91. The molecule has 0 spiro atoms. The fourth-order valence-corrected chi connectivity index (χ4v) is 1.91. The molecule has 0 heterocycles. The van der Waals surface area contributed by atoms with Gasteiger partial charge in [0.05, 0.1) is 12.3 Å². The van der Waals surface area contributed by atoms with Gasteiger partial charge in [0.2, 0.25) is 0 Å². The van der Waals surface area contributed by atoms with Gasteiger partial charge < -0.3 is 10.5 Å². The van der Waals surface area contributed by atoms with Gasteiger partial charge in [-0.2, -0.15) is 0 Å². The molecule has 2 aromatic rings. The summed E-state index contributed by atoms with van der Waals surface area (Å²) in [6.07, 6.45) is 2.66. The van der Waals surface area contributed by atoms with Gasteiger partial charge in [0.1, 0.15) is 5.82 Å². The van der Waals surface area contributed by atoms with Gasteiger partial charge in [0, 0.05) is 12.1 Å². The summed E-state index contributed by atoms with van der Waals surface area (Å²) in [7, 11) is 0. The van der Waals surface area contributed by atoms with Crippen LogP contribution in [0.3, 0.4) is 0 Å². The molecule has 0 amide bonds. The van der Waals surface area contributed by atoms with Crippen molar-refractivity contribution in [2.24, 2.45) is 0 Å². The van der Waals surface area contributed by atoms with Crippen molar-refractivity contribution in [2.45, 2.75) is 19.3 Å². The summed E-state index contributed by atoms with van der Waals surface area (Å²) in [5.41, 5.74) is 6.31. The molecule has 2 aromatic carbocycles. The Morgan fingerprint density at radius 2 is 1.70 bits per heavy atom. The number of ether oxygens (including phenoxy) is 1. The lowest BCUT2D eigenvalue weighted by Crippen LogP contribution is -2.02. The van der Waals surface area contributed by atoms with Crippen LogP contribution in [0.25, 0.3) is 0 Å². The molecular formula is C16H17F2NO. The third kappa shape index (κ3) is 3.95. The number of nitrogen functional groups attached to an aromatic ring is 1. The van der Waals surface area contributed by atoms with Crippen molar-refractivity contribution in [3.8, 4) is 5.75 Å². The van der Waals surface area contributed by atoms with E-state index in [4.69, 9.17) is 10.5 Å². The van der Waals surface area contributed by atoms with Crippen LogP contribution in [0.4, 0.5) is 14.5 Å². The minimum atomic E-state index is -0.661. The van der Waals surface area contributed by atoms with Crippen LogP contribution in [0.2, 0.25) is 0 Å². The maximum absolute atomic E-state index is 13.4. The molecule has 2 rings (SSSR count). The van der Waals surface area contributed by atoms with Gasteiger partial charge in [-0.1, -0.05) is 30.3 Å². The highest BCUT2D eigenvalue weighted by Gasteiger charge is 2.08. The summed E-state index contributed by atoms with van der Waals surface area (Å²) in [6.45, 7) is 0.354. The van der Waals surface area contributed by atoms with Crippen molar-refractivity contribution in [1.29, 1.82) is 0 Å². The molecule has 2 N–H and O–H groups in total. The summed E-state index contributed by atoms with van der Waals surface area (Å²) in [5.74, 6) is -1.38. The molecule has 0 aliphatic carbocycles. The normalized spacial score (nSPS) is 10.5. The van der Waals surface area contributed by atoms with Gasteiger partial charge >= 0.3 is 0 Å². The Balaban J connectivity index is 1.75. The van der Waals surface area contributed by atoms with Crippen molar-refractivity contribution in [2.75, 3.05) is 12.3 Å². The zero-order valence-electron chi connectivity index (χ0n) is 11.1. The van der Waals surface area contributed by atoms with E-state index in [1.54, 1.807) is 0 Å². The highest BCUT2D eigenvalue weighted by Crippen LogP contribution is 2.23. The number of hydrogen-bond acceptors (Lipinski definition) is 2. The van der Waals surface area contributed by atoms with Gasteiger partial charge in [-0.05, 0) is 24.8 Å². The molecular weight excluding hydrogens is 260 g/mol. The van der Waals surface area contributed by atoms with Gasteiger partial charge in [0.15, 0.2) is 11.6 Å². The van der Waals surface area contributed by atoms with Crippen molar-refractivity contribution in [3.63, 3.8) is 0 Å². The summed E-state index contributed by atoms with van der Waals surface area (Å²) in [6, 6.07) is 12.0. The molecule has 0 saturated heterocycles. The monoisotopic (exact) mass is 277 g/mol. The zero-order chi connectivity index (χ0) is 14.4. The van der Waals surface area contributed by atoms with Crippen LogP contribution in [0.15, 0.2) is 42.5 Å². The second kappa shape index (κ2) is 6.89. The van der Waals surface area contributed by atoms with Crippen molar-refractivity contribution in [1.82, 2.24) is 0 Å². The highest BCUT2D eigenvalue weighted by atomic mass is 19.1. The Labute approximate surface area is 117 Å². The number of anilines is 1. The van der Waals surface area contributed by atoms with E-state index in [1.165, 1.54) is 5.56 Å². The molecule has 0 unspecified atom stereocenters. The number of aryl methyl sites for hydroxylation is 1. The first-order valence-electron chi connectivity index (χ1n) is 6.58. The average molecular weight is 277 g/mol. The highest BCUT2D eigenvalue weighted by molar-refractivity contribution is 5.44. The smallest absolute Gasteiger partial charge is 0.167 e. The summed E-state index contributed by atoms with van der Waals surface area (Å²) in [4.78, 5) is 0. The lowest BCUT2D eigenvalue weighted by Gasteiger charge is -2.08. The molecule has 2 nitrogen and oxygen atoms in total. The average Bonchev–Trinajstić information content (AvgIpc) is 2.45. The Kier molecular flexibility index (Phi) is 4.93. The number of halogens is 2. The predicted octanol–water partition coefficient (Wildman–Crippen LogP) is 3.95. The van der Waals surface area contributed by atoms with E-state index in [0.29, 0.717) is 6.61 Å². The van der Waals surface area contributed by atoms with E-state index in [1.807, 2.05) is 18.2 Å². The van der Waals surface area contributed by atoms with Crippen molar-refractivity contribution in [3.05, 3.63) is 59.7 Å². The molecule has 0 atom stereocenters. The topological polar surface area (TPSA) is 35.2 Å². The molecule has 0 fully saturated rings. The van der Waals surface area contributed by atoms with Crippen LogP contribution in [0, 0.1) is 11.6 Å². The summed E-state index contributed by atoms with van der Waals surface area (Å²) in [5, 5.41) is 0. The lowest BCUT2D eigenvalue weighted by molar-refractivity contribution is 0.290. The van der Waals surface area contributed by atoms with Gasteiger partial charge in [-0.15, -0.1) is 0 Å². The SMILES string of the molecule is Nc1cc(F)c(OCCCCc2ccccc2)cc1F. The molecule has 4 heteroatoms. The summed E-state index contributed by atoms with van der Waals surface area (Å²) < 4.78 is 31.9. The van der Waals surface area contributed by atoms with E-state index >= 15 is 0 Å². The number of unbranched alkanes of at least 4 members (excludes halogenated alkanes) is 1. The van der Waals surface area contributed by atoms with Crippen LogP contribution in [-0.4, -0.2) is 6.61 Å². The lowest BCUT2D eigenvalue weighted by atomic mass is 10.1. The molecule has 0 radical (unpaired) electrons. The van der Waals surface area contributed by atoms with E-state index in [2.05, 4.69) is 12.1 Å². The van der Waals surface area contributed by atoms with E-state index in [0.717, 1.165) is 31.4 Å². The Hall–Kier alpha value is -2.10. The predicted molar refractivity (Wildman–Crippen MR) is 75.6 cm³/mol. The third-order valence-electron chi connectivity index (χ3n) is 3.01. The van der Waals surface area contributed by atoms with E-state index in [-0.39, 0.29) is 11.4 Å². The van der Waals surface area contributed by atoms with Gasteiger partial charge in [-0.25, -0.2) is 8.78 Å². The molecule has 0 saturated carbocycles. The first kappa shape index (κ1) is 14.3. The molecule has 0 bridgehead atoms. The van der Waals surface area contributed by atoms with E-state index in [9.17, 15) is 8.78 Å². The minimum absolute atomic E-state index is 0.0867. The van der Waals surface area contributed by atoms with Crippen molar-refractivity contribution >= 4 is 5.69 Å². The molecule has 20 heavy (non-hydrogen) atoms. The second-order valence-electron chi connectivity index (χ2n) is 4.60. The number of benzene rings is 2. The maximum Gasteiger partial charge on any atom is 0.167 e. The van der Waals surface area contributed by atoms with Gasteiger partial charge in [0.25, 0.3) is 0 Å². The first-order chi connectivity index (χ1) is 9.66. The first-order valence-corrected chi connectivity index (χ1v) is 6.58. The van der Waals surface area contributed by atoms with E-state index < -0.39 is 11.6 Å². The number of nitrogens with two attached hydrogens (primary N) is 1. The minimum Gasteiger partial charge on any atom is -0.490 e. The number of rotatable bonds is 6. The quantitative estimate of drug-likeness (QED) is 0.641. The standard InChI is InChI=1S/C16H17F2NO/c17-13-11-16(14(18)10-15(13)19)20-9-5-4-8-12-6-2-1-3-7-12/h1-3,6-7,10-11H,4-5,8-9,19H2. The fraction of sp³-hybridized carbons (Fsp3) is 0.250. The van der Waals surface area contributed by atoms with Crippen LogP contribution in [-0.2, 0) is 6.42 Å². The Morgan fingerprint density at radius 3 is 2.45 bits per heavy atom. The van der Waals surface area contributed by atoms with Crippen LogP contribution < -0.4 is 10.5 Å². The number of hydrogen-bond donors (Lipinski definition) is 1. The maximum atomic E-state index is 13.4. The van der Waals surface area contributed by atoms with Crippen LogP contribution in [0.1, 0.15) is 18.4 Å². The van der Waals surface area contributed by atoms with Crippen molar-refractivity contribution < 1.29 is 13.5 Å². The Morgan fingerprint density at radius 1 is 0.950 bits per heavy atom. The second-order valence-corrected chi connectivity index (χ2v) is 4.60. The zero-order valence-corrected chi connectivity index (χ0v) is 11.1. The van der Waals surface area contributed by atoms with Gasteiger partial charge in [-0.3, -0.25) is 0 Å². The third-order valence-corrected chi connectivity index (χ3v) is 3.01. The molecule has 0 aromatic heterocycles. The van der Waals surface area contributed by atoms with Crippen LogP contribution in [0.5, 0.6) is 5.75 Å². The Bertz CT molecular complexity index is 558. The molecule has 106 valence electrons. The molecule has 0 aliphatic heterocycles. The van der Waals surface area contributed by atoms with Crippen LogP contribution >= 0.6 is 0 Å². The summed E-state index contributed by atoms with van der Waals surface area (Å²) >= 11 is 0. The largest absolute Gasteiger partial charge is 0.490 e. The molecule has 0 aliphatic rings.